The van der Waals surface area contributed by atoms with Gasteiger partial charge in [-0.05, 0) is 45.7 Å². The van der Waals surface area contributed by atoms with E-state index in [2.05, 4.69) is 47.4 Å². The Kier molecular flexibility index (Phi) is 5.85. The van der Waals surface area contributed by atoms with Gasteiger partial charge in [0.25, 0.3) is 5.91 Å². The Morgan fingerprint density at radius 1 is 0.933 bits per heavy atom. The first kappa shape index (κ1) is 19.4. The molecule has 0 heterocycles. The van der Waals surface area contributed by atoms with Gasteiger partial charge in [-0.1, -0.05) is 72.8 Å². The highest BCUT2D eigenvalue weighted by Gasteiger charge is 2.07. The smallest absolute Gasteiger partial charge is 0.277 e. The lowest BCUT2D eigenvalue weighted by Gasteiger charge is -2.10. The number of nitrogens with zero attached hydrogens (tertiary/aromatic N) is 1. The summed E-state index contributed by atoms with van der Waals surface area (Å²) in [5.41, 5.74) is 4.53. The summed E-state index contributed by atoms with van der Waals surface area (Å²) in [5, 5.41) is 8.63. The van der Waals surface area contributed by atoms with Gasteiger partial charge in [0.05, 0.1) is 6.21 Å². The Morgan fingerprint density at radius 2 is 1.57 bits per heavy atom. The molecule has 0 saturated carbocycles. The number of carbonyl (C=O) groups excluding carboxylic acids is 1. The largest absolute Gasteiger partial charge is 0.483 e. The van der Waals surface area contributed by atoms with E-state index in [1.54, 1.807) is 12.3 Å². The maximum Gasteiger partial charge on any atom is 0.277 e. The Hall–Kier alpha value is -3.92. The van der Waals surface area contributed by atoms with E-state index in [4.69, 9.17) is 4.74 Å². The average molecular weight is 394 g/mol. The van der Waals surface area contributed by atoms with Crippen LogP contribution in [0, 0.1) is 0 Å². The van der Waals surface area contributed by atoms with E-state index in [1.807, 2.05) is 48.5 Å². The van der Waals surface area contributed by atoms with Gasteiger partial charge >= 0.3 is 0 Å². The van der Waals surface area contributed by atoms with Crippen molar-refractivity contribution in [2.45, 2.75) is 6.42 Å². The maximum absolute atomic E-state index is 12.2. The molecule has 4 nitrogen and oxygen atoms in total. The number of ether oxygens (including phenoxy) is 1. The van der Waals surface area contributed by atoms with Gasteiger partial charge in [0, 0.05) is 5.56 Å². The minimum Gasteiger partial charge on any atom is -0.483 e. The van der Waals surface area contributed by atoms with Crippen LogP contribution < -0.4 is 10.2 Å². The van der Waals surface area contributed by atoms with Gasteiger partial charge in [0.15, 0.2) is 6.61 Å². The van der Waals surface area contributed by atoms with Crippen molar-refractivity contribution >= 4 is 33.7 Å². The van der Waals surface area contributed by atoms with Crippen LogP contribution in [-0.4, -0.2) is 18.7 Å². The van der Waals surface area contributed by atoms with Crippen LogP contribution in [0.3, 0.4) is 0 Å². The summed E-state index contributed by atoms with van der Waals surface area (Å²) in [6.45, 7) is 3.64. The molecule has 30 heavy (non-hydrogen) atoms. The Morgan fingerprint density at radius 3 is 2.27 bits per heavy atom. The van der Waals surface area contributed by atoms with Gasteiger partial charge in [0.2, 0.25) is 0 Å². The highest BCUT2D eigenvalue weighted by Crippen LogP contribution is 2.27. The number of carbonyl (C=O) groups is 1. The number of rotatable bonds is 7. The minimum absolute atomic E-state index is 0.109. The molecule has 0 radical (unpaired) electrons. The molecular formula is C26H22N2O2. The second kappa shape index (κ2) is 9.05. The zero-order valence-corrected chi connectivity index (χ0v) is 16.5. The fourth-order valence-electron chi connectivity index (χ4n) is 3.50. The summed E-state index contributed by atoms with van der Waals surface area (Å²) >= 11 is 0. The fraction of sp³-hybridized carbons (Fsp3) is 0.0769. The molecule has 0 spiro atoms. The van der Waals surface area contributed by atoms with E-state index in [9.17, 15) is 4.79 Å². The van der Waals surface area contributed by atoms with Crippen LogP contribution in [0.5, 0.6) is 5.75 Å². The van der Waals surface area contributed by atoms with Gasteiger partial charge in [0.1, 0.15) is 5.75 Å². The third kappa shape index (κ3) is 4.23. The van der Waals surface area contributed by atoms with Crippen LogP contribution in [-0.2, 0) is 11.2 Å². The molecule has 1 amide bonds. The van der Waals surface area contributed by atoms with E-state index in [1.165, 1.54) is 0 Å². The van der Waals surface area contributed by atoms with Crippen molar-refractivity contribution in [3.05, 3.63) is 103 Å². The summed E-state index contributed by atoms with van der Waals surface area (Å²) < 4.78 is 5.66. The molecule has 0 fully saturated rings. The zero-order valence-electron chi connectivity index (χ0n) is 16.5. The van der Waals surface area contributed by atoms with E-state index in [0.29, 0.717) is 12.2 Å². The molecule has 0 aliphatic rings. The molecule has 1 N–H and O–H groups in total. The van der Waals surface area contributed by atoms with E-state index < -0.39 is 0 Å². The van der Waals surface area contributed by atoms with Crippen LogP contribution in [0.2, 0.25) is 0 Å². The molecule has 0 bridgehead atoms. The topological polar surface area (TPSA) is 50.7 Å². The number of para-hydroxylation sites is 1. The van der Waals surface area contributed by atoms with Crippen LogP contribution >= 0.6 is 0 Å². The highest BCUT2D eigenvalue weighted by molar-refractivity contribution is 6.13. The average Bonchev–Trinajstić information content (AvgIpc) is 2.78. The van der Waals surface area contributed by atoms with E-state index in [0.717, 1.165) is 32.7 Å². The van der Waals surface area contributed by atoms with Gasteiger partial charge in [-0.3, -0.25) is 4.79 Å². The molecule has 0 atom stereocenters. The molecule has 148 valence electrons. The number of benzene rings is 4. The molecule has 4 aromatic rings. The van der Waals surface area contributed by atoms with Crippen LogP contribution in [0.15, 0.2) is 96.6 Å². The van der Waals surface area contributed by atoms with E-state index >= 15 is 0 Å². The first-order valence-corrected chi connectivity index (χ1v) is 9.80. The number of fused-ring (bicyclic) bond motifs is 2. The van der Waals surface area contributed by atoms with Crippen LogP contribution in [0.25, 0.3) is 21.5 Å². The molecule has 0 saturated heterocycles. The highest BCUT2D eigenvalue weighted by atomic mass is 16.5. The number of allylic oxidation sites excluding steroid dienone is 1. The van der Waals surface area contributed by atoms with Gasteiger partial charge in [-0.2, -0.15) is 5.10 Å². The van der Waals surface area contributed by atoms with Crippen molar-refractivity contribution in [3.8, 4) is 5.75 Å². The lowest BCUT2D eigenvalue weighted by Crippen LogP contribution is -2.24. The van der Waals surface area contributed by atoms with Crippen molar-refractivity contribution < 1.29 is 9.53 Å². The predicted molar refractivity (Wildman–Crippen MR) is 123 cm³/mol. The van der Waals surface area contributed by atoms with Gasteiger partial charge in [-0.25, -0.2) is 5.43 Å². The maximum atomic E-state index is 12.2. The Balaban J connectivity index is 1.50. The molecular weight excluding hydrogens is 372 g/mol. The summed E-state index contributed by atoms with van der Waals surface area (Å²) in [7, 11) is 0. The first-order chi connectivity index (χ1) is 14.8. The summed E-state index contributed by atoms with van der Waals surface area (Å²) in [5.74, 6) is 0.362. The predicted octanol–water partition coefficient (Wildman–Crippen LogP) is 5.25. The van der Waals surface area contributed by atoms with Crippen molar-refractivity contribution in [2.75, 3.05) is 6.61 Å². The van der Waals surface area contributed by atoms with Crippen LogP contribution in [0.1, 0.15) is 11.1 Å². The van der Waals surface area contributed by atoms with Crippen molar-refractivity contribution in [1.82, 2.24) is 5.43 Å². The first-order valence-electron chi connectivity index (χ1n) is 9.80. The Labute approximate surface area is 175 Å². The Bertz CT molecular complexity index is 1190. The number of hydrogen-bond acceptors (Lipinski definition) is 3. The molecule has 4 aromatic carbocycles. The lowest BCUT2D eigenvalue weighted by atomic mass is 9.97. The normalized spacial score (nSPS) is 11.1. The fourth-order valence-corrected chi connectivity index (χ4v) is 3.50. The number of nitrogens with one attached hydrogen (secondary N) is 1. The number of amides is 1. The molecule has 4 heteroatoms. The monoisotopic (exact) mass is 394 g/mol. The number of hydrogen-bond donors (Lipinski definition) is 1. The molecule has 0 unspecified atom stereocenters. The number of hydrazone groups is 1. The standard InChI is InChI=1S/C26H22N2O2/c1-2-9-19-10-5-8-15-25(19)30-18-26(29)28-27-17-24-22-13-6-3-11-20(22)16-21-12-4-7-14-23(21)24/h2-8,10-17H,1,9,18H2,(H,28,29)/b27-17-. The minimum atomic E-state index is -0.316. The van der Waals surface area contributed by atoms with Gasteiger partial charge in [-0.15, -0.1) is 6.58 Å². The molecule has 0 aromatic heterocycles. The lowest BCUT2D eigenvalue weighted by molar-refractivity contribution is -0.123. The third-order valence-corrected chi connectivity index (χ3v) is 4.89. The van der Waals surface area contributed by atoms with Crippen LogP contribution in [0.4, 0.5) is 0 Å². The van der Waals surface area contributed by atoms with Gasteiger partial charge < -0.3 is 4.74 Å². The molecule has 4 rings (SSSR count). The SMILES string of the molecule is C=CCc1ccccc1OCC(=O)N/N=C\c1c2ccccc2cc2ccccc12. The van der Waals surface area contributed by atoms with Crippen molar-refractivity contribution in [3.63, 3.8) is 0 Å². The second-order valence-corrected chi connectivity index (χ2v) is 6.91. The summed E-state index contributed by atoms with van der Waals surface area (Å²) in [6.07, 6.45) is 4.19. The van der Waals surface area contributed by atoms with E-state index in [-0.39, 0.29) is 12.5 Å². The summed E-state index contributed by atoms with van der Waals surface area (Å²) in [4.78, 5) is 12.2. The summed E-state index contributed by atoms with van der Waals surface area (Å²) in [6, 6.07) is 26.1. The van der Waals surface area contributed by atoms with Crippen molar-refractivity contribution in [1.29, 1.82) is 0 Å². The molecule has 0 aliphatic heterocycles. The quantitative estimate of drug-likeness (QED) is 0.201. The molecule has 0 aliphatic carbocycles. The zero-order chi connectivity index (χ0) is 20.8. The van der Waals surface area contributed by atoms with Crippen molar-refractivity contribution in [2.24, 2.45) is 5.10 Å². The third-order valence-electron chi connectivity index (χ3n) is 4.89. The second-order valence-electron chi connectivity index (χ2n) is 6.91.